The van der Waals surface area contributed by atoms with Gasteiger partial charge in [0.15, 0.2) is 5.43 Å². The molecular formula is C25H29N3O6. The number of carboxylic acid groups (broad SMARTS) is 1. The number of nitrogens with zero attached hydrogens (tertiary/aromatic N) is 3. The van der Waals surface area contributed by atoms with Crippen molar-refractivity contribution in [3.63, 3.8) is 0 Å². The van der Waals surface area contributed by atoms with Crippen LogP contribution < -0.4 is 10.2 Å². The number of aryl methyl sites for hydroxylation is 2. The number of rotatable bonds is 11. The number of hydrogen-bond acceptors (Lipinski definition) is 6. The lowest BCUT2D eigenvalue weighted by molar-refractivity contribution is -0.143. The third kappa shape index (κ3) is 4.98. The van der Waals surface area contributed by atoms with E-state index in [1.165, 1.54) is 12.3 Å². The van der Waals surface area contributed by atoms with Crippen molar-refractivity contribution in [2.45, 2.75) is 58.5 Å². The molecule has 4 rings (SSSR count). The van der Waals surface area contributed by atoms with Crippen LogP contribution in [0, 0.1) is 0 Å². The first-order valence-electron chi connectivity index (χ1n) is 11.8. The maximum absolute atomic E-state index is 12.3. The average molecular weight is 468 g/mol. The number of aromatic nitrogens is 3. The highest BCUT2D eigenvalue weighted by molar-refractivity contribution is 5.96. The number of aromatic carboxylic acids is 1. The van der Waals surface area contributed by atoms with Crippen LogP contribution >= 0.6 is 0 Å². The predicted octanol–water partition coefficient (Wildman–Crippen LogP) is 3.86. The van der Waals surface area contributed by atoms with Crippen LogP contribution in [-0.2, 0) is 22.6 Å². The summed E-state index contributed by atoms with van der Waals surface area (Å²) in [4.78, 5) is 35.2. The second-order valence-corrected chi connectivity index (χ2v) is 8.39. The largest absolute Gasteiger partial charge is 0.491 e. The maximum atomic E-state index is 12.3. The molecular weight excluding hydrogens is 438 g/mol. The van der Waals surface area contributed by atoms with Gasteiger partial charge in [0.05, 0.1) is 31.1 Å². The highest BCUT2D eigenvalue weighted by Gasteiger charge is 2.24. The summed E-state index contributed by atoms with van der Waals surface area (Å²) >= 11 is 0. The van der Waals surface area contributed by atoms with Gasteiger partial charge in [-0.2, -0.15) is 5.10 Å². The Morgan fingerprint density at radius 2 is 1.94 bits per heavy atom. The van der Waals surface area contributed by atoms with Crippen LogP contribution in [0.15, 0.2) is 35.3 Å². The zero-order chi connectivity index (χ0) is 24.1. The summed E-state index contributed by atoms with van der Waals surface area (Å²) in [5, 5.41) is 14.8. The van der Waals surface area contributed by atoms with Crippen molar-refractivity contribution in [3.8, 4) is 17.1 Å². The van der Waals surface area contributed by atoms with Gasteiger partial charge >= 0.3 is 11.9 Å². The molecule has 9 heteroatoms. The van der Waals surface area contributed by atoms with Gasteiger partial charge in [-0.1, -0.05) is 31.9 Å². The first kappa shape index (κ1) is 23.5. The highest BCUT2D eigenvalue weighted by Crippen LogP contribution is 2.35. The van der Waals surface area contributed by atoms with E-state index in [1.807, 2.05) is 29.8 Å². The molecule has 0 unspecified atom stereocenters. The Bertz CT molecular complexity index is 1260. The Morgan fingerprint density at radius 1 is 1.12 bits per heavy atom. The molecule has 0 saturated carbocycles. The van der Waals surface area contributed by atoms with Gasteiger partial charge < -0.3 is 19.1 Å². The van der Waals surface area contributed by atoms with Gasteiger partial charge in [0.25, 0.3) is 0 Å². The molecule has 34 heavy (non-hydrogen) atoms. The fraction of sp³-hybridized carbons (Fsp3) is 0.440. The zero-order valence-electron chi connectivity index (χ0n) is 19.3. The van der Waals surface area contributed by atoms with Crippen molar-refractivity contribution in [3.05, 3.63) is 46.2 Å². The topological polar surface area (TPSA) is 113 Å². The summed E-state index contributed by atoms with van der Waals surface area (Å²) < 4.78 is 14.8. The van der Waals surface area contributed by atoms with E-state index in [0.717, 1.165) is 48.7 Å². The van der Waals surface area contributed by atoms with Crippen LogP contribution in [0.3, 0.4) is 0 Å². The molecule has 3 heterocycles. The van der Waals surface area contributed by atoms with E-state index in [9.17, 15) is 19.5 Å². The maximum Gasteiger partial charge on any atom is 0.341 e. The number of carbonyl (C=O) groups excluding carboxylic acids is 1. The standard InChI is InChI=1S/C25H29N3O6/c1-2-13-34-22(30)10-5-3-4-6-14-33-21-9-7-8-17-23(21)26-28-12-11-27-16-18(25(31)32)20(29)15-19(27)24(17)28/h7-9,15-16H,2-6,10-14H2,1H3,(H,31,32). The number of hydrogen-bond donors (Lipinski definition) is 1. The number of ether oxygens (including phenoxy) is 2. The van der Waals surface area contributed by atoms with Crippen molar-refractivity contribution in [2.75, 3.05) is 13.2 Å². The molecule has 2 aromatic heterocycles. The minimum absolute atomic E-state index is 0.128. The number of benzene rings is 1. The summed E-state index contributed by atoms with van der Waals surface area (Å²) in [6.45, 7) is 4.10. The molecule has 1 aromatic carbocycles. The third-order valence-corrected chi connectivity index (χ3v) is 5.89. The summed E-state index contributed by atoms with van der Waals surface area (Å²) in [5.74, 6) is -0.675. The zero-order valence-corrected chi connectivity index (χ0v) is 19.3. The average Bonchev–Trinajstić information content (AvgIpc) is 3.21. The molecule has 1 aliphatic heterocycles. The number of esters is 1. The van der Waals surface area contributed by atoms with E-state index in [-0.39, 0.29) is 11.5 Å². The SMILES string of the molecule is CCCOC(=O)CCCCCCOc1cccc2c3n(nc12)CCn1cc(C(=O)O)c(=O)cc1-3. The predicted molar refractivity (Wildman–Crippen MR) is 126 cm³/mol. The number of pyridine rings is 1. The molecule has 0 bridgehead atoms. The Labute approximate surface area is 196 Å². The van der Waals surface area contributed by atoms with Gasteiger partial charge in [-0.3, -0.25) is 14.3 Å². The first-order valence-corrected chi connectivity index (χ1v) is 11.8. The van der Waals surface area contributed by atoms with Crippen LogP contribution in [0.2, 0.25) is 0 Å². The molecule has 1 aliphatic rings. The summed E-state index contributed by atoms with van der Waals surface area (Å²) in [5.41, 5.74) is 1.41. The molecule has 180 valence electrons. The van der Waals surface area contributed by atoms with E-state index in [2.05, 4.69) is 0 Å². The molecule has 0 radical (unpaired) electrons. The molecule has 0 spiro atoms. The van der Waals surface area contributed by atoms with Crippen molar-refractivity contribution in [1.82, 2.24) is 14.3 Å². The van der Waals surface area contributed by atoms with Gasteiger partial charge in [-0.25, -0.2) is 4.79 Å². The molecule has 9 nitrogen and oxygen atoms in total. The Morgan fingerprint density at radius 3 is 2.74 bits per heavy atom. The second-order valence-electron chi connectivity index (χ2n) is 8.39. The molecule has 0 saturated heterocycles. The van der Waals surface area contributed by atoms with E-state index in [1.54, 1.807) is 4.57 Å². The monoisotopic (exact) mass is 467 g/mol. The van der Waals surface area contributed by atoms with E-state index in [0.29, 0.717) is 44.2 Å². The second kappa shape index (κ2) is 10.5. The quantitative estimate of drug-likeness (QED) is 0.337. The minimum atomic E-state index is -1.23. The van der Waals surface area contributed by atoms with Gasteiger partial charge in [0.1, 0.15) is 16.8 Å². The molecule has 3 aromatic rings. The van der Waals surface area contributed by atoms with Crippen LogP contribution in [0.5, 0.6) is 5.75 Å². The summed E-state index contributed by atoms with van der Waals surface area (Å²) in [6, 6.07) is 7.08. The van der Waals surface area contributed by atoms with E-state index < -0.39 is 11.4 Å². The van der Waals surface area contributed by atoms with Crippen molar-refractivity contribution < 1.29 is 24.2 Å². The van der Waals surface area contributed by atoms with Gasteiger partial charge in [-0.15, -0.1) is 0 Å². The van der Waals surface area contributed by atoms with Gasteiger partial charge in [0.2, 0.25) is 0 Å². The normalized spacial score (nSPS) is 12.3. The number of carbonyl (C=O) groups is 2. The van der Waals surface area contributed by atoms with Crippen molar-refractivity contribution >= 4 is 22.8 Å². The minimum Gasteiger partial charge on any atom is -0.491 e. The third-order valence-electron chi connectivity index (χ3n) is 5.89. The lowest BCUT2D eigenvalue weighted by Gasteiger charge is -2.21. The Hall–Kier alpha value is -3.62. The van der Waals surface area contributed by atoms with Crippen LogP contribution in [0.4, 0.5) is 0 Å². The molecule has 0 amide bonds. The smallest absolute Gasteiger partial charge is 0.341 e. The lowest BCUT2D eigenvalue weighted by atomic mass is 10.1. The number of carboxylic acids is 1. The van der Waals surface area contributed by atoms with Crippen molar-refractivity contribution in [2.24, 2.45) is 0 Å². The van der Waals surface area contributed by atoms with Crippen LogP contribution in [-0.4, -0.2) is 44.6 Å². The highest BCUT2D eigenvalue weighted by atomic mass is 16.5. The van der Waals surface area contributed by atoms with Crippen LogP contribution in [0.25, 0.3) is 22.3 Å². The summed E-state index contributed by atoms with van der Waals surface area (Å²) in [6.07, 6.45) is 6.28. The Balaban J connectivity index is 1.41. The number of fused-ring (bicyclic) bond motifs is 5. The fourth-order valence-electron chi connectivity index (χ4n) is 4.20. The lowest BCUT2D eigenvalue weighted by Crippen LogP contribution is -2.24. The molecule has 1 N–H and O–H groups in total. The van der Waals surface area contributed by atoms with Crippen molar-refractivity contribution in [1.29, 1.82) is 0 Å². The van der Waals surface area contributed by atoms with Gasteiger partial charge in [-0.05, 0) is 25.3 Å². The van der Waals surface area contributed by atoms with E-state index >= 15 is 0 Å². The molecule has 0 fully saturated rings. The summed E-state index contributed by atoms with van der Waals surface area (Å²) in [7, 11) is 0. The first-order chi connectivity index (χ1) is 16.5. The van der Waals surface area contributed by atoms with Crippen LogP contribution in [0.1, 0.15) is 55.8 Å². The van der Waals surface area contributed by atoms with Gasteiger partial charge in [0, 0.05) is 30.6 Å². The number of unbranched alkanes of at least 4 members (excludes halogenated alkanes) is 3. The van der Waals surface area contributed by atoms with E-state index in [4.69, 9.17) is 14.6 Å². The fourth-order valence-corrected chi connectivity index (χ4v) is 4.20. The molecule has 0 aliphatic carbocycles. The Kier molecular flexibility index (Phi) is 7.30. The molecule has 0 atom stereocenters.